The van der Waals surface area contributed by atoms with Crippen molar-refractivity contribution >= 4 is 0 Å². The highest BCUT2D eigenvalue weighted by molar-refractivity contribution is 5.29. The molecule has 0 saturated carbocycles. The second-order valence-electron chi connectivity index (χ2n) is 2.94. The Morgan fingerprint density at radius 1 is 1.46 bits per heavy atom. The molecule has 2 rings (SSSR count). The van der Waals surface area contributed by atoms with Crippen molar-refractivity contribution in [1.82, 2.24) is 14.6 Å². The van der Waals surface area contributed by atoms with Crippen LogP contribution in [0.5, 0.6) is 0 Å². The van der Waals surface area contributed by atoms with Crippen LogP contribution in [0.25, 0.3) is 5.82 Å². The van der Waals surface area contributed by atoms with Gasteiger partial charge >= 0.3 is 6.33 Å². The van der Waals surface area contributed by atoms with Gasteiger partial charge in [0, 0.05) is 6.20 Å². The highest BCUT2D eigenvalue weighted by Gasteiger charge is 2.08. The Morgan fingerprint density at radius 2 is 2.31 bits per heavy atom. The maximum absolute atomic E-state index is 4.28. The van der Waals surface area contributed by atoms with Crippen molar-refractivity contribution < 1.29 is 4.68 Å². The molecule has 4 nitrogen and oxygen atoms in total. The van der Waals surface area contributed by atoms with Gasteiger partial charge in [0.25, 0.3) is 0 Å². The van der Waals surface area contributed by atoms with Crippen LogP contribution in [0.3, 0.4) is 0 Å². The predicted molar refractivity (Wildman–Crippen MR) is 47.3 cm³/mol. The minimum Gasteiger partial charge on any atom is -0.235 e. The van der Waals surface area contributed by atoms with Crippen molar-refractivity contribution in [2.24, 2.45) is 7.05 Å². The Labute approximate surface area is 76.5 Å². The van der Waals surface area contributed by atoms with Crippen LogP contribution in [0.1, 0.15) is 5.56 Å². The number of hydrogen-bond acceptors (Lipinski definition) is 2. The molecular weight excluding hydrogens is 164 g/mol. The minimum absolute atomic E-state index is 0.919. The number of aromatic nitrogens is 4. The van der Waals surface area contributed by atoms with E-state index in [1.807, 2.05) is 35.5 Å². The summed E-state index contributed by atoms with van der Waals surface area (Å²) in [6.07, 6.45) is 5.27. The molecule has 4 heteroatoms. The monoisotopic (exact) mass is 175 g/mol. The topological polar surface area (TPSA) is 34.6 Å². The first-order chi connectivity index (χ1) is 6.29. The zero-order valence-corrected chi connectivity index (χ0v) is 7.68. The fourth-order valence-corrected chi connectivity index (χ4v) is 1.25. The molecule has 0 aliphatic rings. The molecule has 0 aromatic carbocycles. The summed E-state index contributed by atoms with van der Waals surface area (Å²) >= 11 is 0. The summed E-state index contributed by atoms with van der Waals surface area (Å²) in [5, 5.41) is 0. The zero-order chi connectivity index (χ0) is 9.26. The van der Waals surface area contributed by atoms with Crippen LogP contribution in [0, 0.1) is 6.92 Å². The largest absolute Gasteiger partial charge is 0.306 e. The Kier molecular flexibility index (Phi) is 1.81. The zero-order valence-electron chi connectivity index (χ0n) is 7.68. The molecule has 0 saturated heterocycles. The quantitative estimate of drug-likeness (QED) is 0.588. The molecular formula is C9H11N4+. The third-order valence-corrected chi connectivity index (χ3v) is 1.95. The number of pyridine rings is 1. The molecule has 2 aromatic heterocycles. The van der Waals surface area contributed by atoms with Gasteiger partial charge in [0.2, 0.25) is 6.33 Å². The fraction of sp³-hybridized carbons (Fsp3) is 0.222. The number of rotatable bonds is 1. The Balaban J connectivity index is 2.59. The summed E-state index contributed by atoms with van der Waals surface area (Å²) in [5.41, 5.74) is 1.14. The lowest BCUT2D eigenvalue weighted by atomic mass is 10.3. The van der Waals surface area contributed by atoms with E-state index in [0.29, 0.717) is 0 Å². The Morgan fingerprint density at radius 3 is 2.92 bits per heavy atom. The standard InChI is InChI=1S/C9H11N4/c1-8-4-3-5-11-9(8)13-7-10-6-12(13)2/h3-7H,1-2H3/q+1. The molecule has 0 fully saturated rings. The van der Waals surface area contributed by atoms with Crippen LogP contribution in [0.4, 0.5) is 0 Å². The fourth-order valence-electron chi connectivity index (χ4n) is 1.25. The summed E-state index contributed by atoms with van der Waals surface area (Å²) in [5.74, 6) is 0.919. The molecule has 0 N–H and O–H groups in total. The smallest absolute Gasteiger partial charge is 0.235 e. The molecule has 0 unspecified atom stereocenters. The van der Waals surface area contributed by atoms with Gasteiger partial charge in [-0.1, -0.05) is 6.07 Å². The highest BCUT2D eigenvalue weighted by atomic mass is 15.4. The lowest BCUT2D eigenvalue weighted by Crippen LogP contribution is -2.37. The van der Waals surface area contributed by atoms with Gasteiger partial charge in [0.1, 0.15) is 7.05 Å². The van der Waals surface area contributed by atoms with Crippen LogP contribution < -0.4 is 4.68 Å². The Bertz CT molecular complexity index is 419. The van der Waals surface area contributed by atoms with E-state index in [0.717, 1.165) is 11.4 Å². The van der Waals surface area contributed by atoms with E-state index in [4.69, 9.17) is 0 Å². The highest BCUT2D eigenvalue weighted by Crippen LogP contribution is 2.05. The second kappa shape index (κ2) is 2.97. The van der Waals surface area contributed by atoms with Crippen molar-refractivity contribution in [2.75, 3.05) is 0 Å². The van der Waals surface area contributed by atoms with Gasteiger partial charge in [-0.15, -0.1) is 4.68 Å². The molecule has 2 aromatic rings. The van der Waals surface area contributed by atoms with Crippen molar-refractivity contribution in [1.29, 1.82) is 0 Å². The van der Waals surface area contributed by atoms with E-state index < -0.39 is 0 Å². The van der Waals surface area contributed by atoms with Gasteiger partial charge in [-0.25, -0.2) is 4.98 Å². The first kappa shape index (κ1) is 7.91. The van der Waals surface area contributed by atoms with E-state index in [1.165, 1.54) is 0 Å². The third-order valence-electron chi connectivity index (χ3n) is 1.95. The summed E-state index contributed by atoms with van der Waals surface area (Å²) in [4.78, 5) is 8.31. The summed E-state index contributed by atoms with van der Waals surface area (Å²) < 4.78 is 3.78. The third kappa shape index (κ3) is 1.30. The number of hydrogen-bond donors (Lipinski definition) is 0. The van der Waals surface area contributed by atoms with Crippen LogP contribution in [0.2, 0.25) is 0 Å². The lowest BCUT2D eigenvalue weighted by molar-refractivity contribution is -0.745. The molecule has 13 heavy (non-hydrogen) atoms. The Hall–Kier alpha value is -1.71. The summed E-state index contributed by atoms with van der Waals surface area (Å²) in [6.45, 7) is 2.03. The SMILES string of the molecule is Cc1cccnc1-n1cnc[n+]1C. The van der Waals surface area contributed by atoms with Gasteiger partial charge in [-0.2, -0.15) is 4.68 Å². The molecule has 66 valence electrons. The number of nitrogens with zero attached hydrogens (tertiary/aromatic N) is 4. The molecule has 0 atom stereocenters. The number of aryl methyl sites for hydroxylation is 2. The van der Waals surface area contributed by atoms with E-state index in [-0.39, 0.29) is 0 Å². The average Bonchev–Trinajstić information content (AvgIpc) is 2.52. The van der Waals surface area contributed by atoms with Gasteiger partial charge in [0.05, 0.1) is 0 Å². The molecule has 0 amide bonds. The maximum Gasteiger partial charge on any atom is 0.306 e. The molecule has 0 aliphatic heterocycles. The summed E-state index contributed by atoms with van der Waals surface area (Å²) in [7, 11) is 1.93. The second-order valence-corrected chi connectivity index (χ2v) is 2.94. The van der Waals surface area contributed by atoms with Gasteiger partial charge in [-0.3, -0.25) is 0 Å². The molecule has 2 heterocycles. The predicted octanol–water partition coefficient (Wildman–Crippen LogP) is 0.400. The molecule has 0 radical (unpaired) electrons. The van der Waals surface area contributed by atoms with E-state index >= 15 is 0 Å². The van der Waals surface area contributed by atoms with Gasteiger partial charge in [0.15, 0.2) is 5.82 Å². The van der Waals surface area contributed by atoms with Gasteiger partial charge < -0.3 is 0 Å². The average molecular weight is 175 g/mol. The maximum atomic E-state index is 4.28. The van der Waals surface area contributed by atoms with Crippen molar-refractivity contribution in [3.8, 4) is 5.82 Å². The molecule has 0 bridgehead atoms. The minimum atomic E-state index is 0.919. The van der Waals surface area contributed by atoms with Crippen LogP contribution in [0.15, 0.2) is 31.0 Å². The van der Waals surface area contributed by atoms with Crippen molar-refractivity contribution in [3.05, 3.63) is 36.5 Å². The first-order valence-electron chi connectivity index (χ1n) is 4.09. The first-order valence-corrected chi connectivity index (χ1v) is 4.09. The van der Waals surface area contributed by atoms with Crippen LogP contribution in [-0.2, 0) is 7.05 Å². The molecule has 0 spiro atoms. The van der Waals surface area contributed by atoms with Crippen molar-refractivity contribution in [3.63, 3.8) is 0 Å². The van der Waals surface area contributed by atoms with Crippen LogP contribution >= 0.6 is 0 Å². The lowest BCUT2D eigenvalue weighted by Gasteiger charge is -2.02. The van der Waals surface area contributed by atoms with E-state index in [1.54, 1.807) is 18.9 Å². The van der Waals surface area contributed by atoms with E-state index in [2.05, 4.69) is 9.97 Å². The normalized spacial score (nSPS) is 10.3. The van der Waals surface area contributed by atoms with Crippen molar-refractivity contribution in [2.45, 2.75) is 6.92 Å². The van der Waals surface area contributed by atoms with Gasteiger partial charge in [-0.05, 0) is 23.5 Å². The molecule has 0 aliphatic carbocycles. The van der Waals surface area contributed by atoms with E-state index in [9.17, 15) is 0 Å². The summed E-state index contributed by atoms with van der Waals surface area (Å²) in [6, 6.07) is 3.96. The van der Waals surface area contributed by atoms with Crippen LogP contribution in [-0.4, -0.2) is 14.6 Å².